The fraction of sp³-hybridized carbons (Fsp3) is 0.0500. The zero-order chi connectivity index (χ0) is 33.7. The van der Waals surface area contributed by atoms with Gasteiger partial charge in [-0.3, -0.25) is 0 Å². The third-order valence-corrected chi connectivity index (χ3v) is 8.57. The molecule has 0 fully saturated rings. The first-order valence-electron chi connectivity index (χ1n) is 14.6. The zero-order valence-corrected chi connectivity index (χ0v) is 25.1. The predicted octanol–water partition coefficient (Wildman–Crippen LogP) is 10.6. The van der Waals surface area contributed by atoms with Crippen LogP contribution in [0.2, 0.25) is 0 Å². The summed E-state index contributed by atoms with van der Waals surface area (Å²) in [4.78, 5) is 7.11. The number of aryl methyl sites for hydroxylation is 1. The second-order valence-electron chi connectivity index (χ2n) is 11.3. The summed E-state index contributed by atoms with van der Waals surface area (Å²) >= 11 is 0. The first-order valence-corrected chi connectivity index (χ1v) is 14.6. The lowest BCUT2D eigenvalue weighted by Crippen LogP contribution is -2.16. The third-order valence-electron chi connectivity index (χ3n) is 8.57. The van der Waals surface area contributed by atoms with Crippen LogP contribution in [-0.4, -0.2) is 6.36 Å². The number of benzene rings is 5. The SMILES string of the molecule is [C-]#[N+]/C(C#N)=C1/c2cc(-c3ccc(OC(F)(F)F)cc3)ccc2-c2cc3c(cc21)/C(=C(\C#N)[N+]#[C-])c1cc(-c2ccc(C)cc2)ccc1-3. The molecule has 0 unspecified atom stereocenters. The number of hydrogen-bond donors (Lipinski definition) is 0. The lowest BCUT2D eigenvalue weighted by Gasteiger charge is -2.10. The highest BCUT2D eigenvalue weighted by atomic mass is 19.4. The molecule has 0 radical (unpaired) electrons. The molecule has 8 heteroatoms. The molecule has 0 saturated heterocycles. The van der Waals surface area contributed by atoms with Gasteiger partial charge in [0.15, 0.2) is 0 Å². The van der Waals surface area contributed by atoms with E-state index in [0.717, 1.165) is 44.5 Å². The third kappa shape index (κ3) is 4.87. The minimum absolute atomic E-state index is 0.0667. The number of halogens is 3. The van der Waals surface area contributed by atoms with Crippen molar-refractivity contribution >= 4 is 11.1 Å². The van der Waals surface area contributed by atoms with E-state index in [1.807, 2.05) is 85.8 Å². The highest BCUT2D eigenvalue weighted by molar-refractivity contribution is 6.11. The molecule has 2 aliphatic rings. The number of allylic oxidation sites excluding steroid dienone is 2. The number of nitrogens with zero attached hydrogens (tertiary/aromatic N) is 4. The molecule has 0 atom stereocenters. The smallest absolute Gasteiger partial charge is 0.406 e. The normalized spacial score (nSPS) is 14.2. The molecule has 0 bridgehead atoms. The van der Waals surface area contributed by atoms with E-state index in [-0.39, 0.29) is 17.1 Å². The van der Waals surface area contributed by atoms with Crippen molar-refractivity contribution in [2.75, 3.05) is 0 Å². The molecule has 0 aromatic heterocycles. The van der Waals surface area contributed by atoms with E-state index in [1.54, 1.807) is 0 Å². The Labute approximate surface area is 274 Å². The van der Waals surface area contributed by atoms with E-state index in [9.17, 15) is 23.7 Å². The van der Waals surface area contributed by atoms with Gasteiger partial charge in [-0.25, -0.2) is 20.2 Å². The molecule has 0 saturated carbocycles. The topological polar surface area (TPSA) is 65.5 Å². The van der Waals surface area contributed by atoms with Crippen LogP contribution in [-0.2, 0) is 0 Å². The minimum Gasteiger partial charge on any atom is -0.406 e. The van der Waals surface area contributed by atoms with Gasteiger partial charge >= 0.3 is 6.36 Å². The Balaban J connectivity index is 1.42. The molecule has 48 heavy (non-hydrogen) atoms. The number of fused-ring (bicyclic) bond motifs is 6. The monoisotopic (exact) mass is 628 g/mol. The van der Waals surface area contributed by atoms with E-state index in [0.29, 0.717) is 39.0 Å². The maximum absolute atomic E-state index is 12.7. The van der Waals surface area contributed by atoms with Crippen molar-refractivity contribution in [3.63, 3.8) is 0 Å². The summed E-state index contributed by atoms with van der Waals surface area (Å²) in [6.45, 7) is 17.7. The van der Waals surface area contributed by atoms with Crippen molar-refractivity contribution in [1.29, 1.82) is 10.5 Å². The van der Waals surface area contributed by atoms with Crippen LogP contribution >= 0.6 is 0 Å². The summed E-state index contributed by atoms with van der Waals surface area (Å²) < 4.78 is 42.1. The van der Waals surface area contributed by atoms with Crippen LogP contribution in [0.4, 0.5) is 13.2 Å². The van der Waals surface area contributed by atoms with Gasteiger partial charge in [-0.15, -0.1) is 13.2 Å². The predicted molar refractivity (Wildman–Crippen MR) is 176 cm³/mol. The van der Waals surface area contributed by atoms with Gasteiger partial charge in [-0.1, -0.05) is 66.2 Å². The standard InChI is InChI=1S/C40H19F3N4O/c1-22-4-6-23(7-5-22)25-10-14-28-30-18-31-29-15-11-26(24-8-12-27(13-9-24)48-40(41,42)43)17-33(29)39(37(21-45)47-3)35(31)19-34(30)38(32(28)16-25)36(20-44)46-2/h4-19H,1H3/b38-36+,39-37-. The highest BCUT2D eigenvalue weighted by Gasteiger charge is 2.34. The number of rotatable bonds is 3. The maximum atomic E-state index is 12.7. The lowest BCUT2D eigenvalue weighted by molar-refractivity contribution is -0.274. The number of hydrogen-bond acceptors (Lipinski definition) is 3. The van der Waals surface area contributed by atoms with Crippen LogP contribution in [0.25, 0.3) is 65.3 Å². The summed E-state index contributed by atoms with van der Waals surface area (Å²) in [5.74, 6) is -0.346. The summed E-state index contributed by atoms with van der Waals surface area (Å²) in [7, 11) is 0. The molecule has 0 N–H and O–H groups in total. The van der Waals surface area contributed by atoms with Crippen LogP contribution in [0.5, 0.6) is 5.75 Å². The van der Waals surface area contributed by atoms with Gasteiger partial charge in [0.1, 0.15) is 5.75 Å². The molecule has 5 aromatic carbocycles. The molecule has 0 amide bonds. The van der Waals surface area contributed by atoms with Crippen LogP contribution in [0.1, 0.15) is 27.8 Å². The molecule has 226 valence electrons. The van der Waals surface area contributed by atoms with E-state index >= 15 is 0 Å². The van der Waals surface area contributed by atoms with Crippen molar-refractivity contribution < 1.29 is 17.9 Å². The van der Waals surface area contributed by atoms with Gasteiger partial charge in [-0.05, 0) is 110 Å². The van der Waals surface area contributed by atoms with Gasteiger partial charge in [0.25, 0.3) is 11.4 Å². The summed E-state index contributed by atoms with van der Waals surface area (Å²) in [5, 5.41) is 20.1. The van der Waals surface area contributed by atoms with Crippen molar-refractivity contribution in [2.45, 2.75) is 13.3 Å². The molecule has 0 aliphatic heterocycles. The van der Waals surface area contributed by atoms with Gasteiger partial charge in [-0.2, -0.15) is 0 Å². The van der Waals surface area contributed by atoms with Crippen molar-refractivity contribution in [1.82, 2.24) is 0 Å². The summed E-state index contributed by atoms with van der Waals surface area (Å²) in [6.07, 6.45) is -4.81. The quantitative estimate of drug-likeness (QED) is 0.144. The molecular weight excluding hydrogens is 609 g/mol. The van der Waals surface area contributed by atoms with E-state index in [2.05, 4.69) is 20.5 Å². The minimum atomic E-state index is -4.81. The fourth-order valence-electron chi connectivity index (χ4n) is 6.46. The Bertz CT molecular complexity index is 2410. The Morgan fingerprint density at radius 2 is 0.958 bits per heavy atom. The first-order chi connectivity index (χ1) is 23.1. The number of ether oxygens (including phenoxy) is 1. The molecule has 5 aromatic rings. The van der Waals surface area contributed by atoms with Crippen LogP contribution in [0.15, 0.2) is 108 Å². The second kappa shape index (κ2) is 11.2. The average Bonchev–Trinajstić information content (AvgIpc) is 3.56. The average molecular weight is 629 g/mol. The first kappa shape index (κ1) is 29.8. The highest BCUT2D eigenvalue weighted by Crippen LogP contribution is 2.54. The van der Waals surface area contributed by atoms with Crippen molar-refractivity contribution in [2.24, 2.45) is 0 Å². The van der Waals surface area contributed by atoms with E-state index in [1.165, 1.54) is 24.3 Å². The Hall–Kier alpha value is -6.87. The van der Waals surface area contributed by atoms with Crippen LogP contribution < -0.4 is 4.74 Å². The van der Waals surface area contributed by atoms with E-state index in [4.69, 9.17) is 13.1 Å². The molecular formula is C40H19F3N4O. The van der Waals surface area contributed by atoms with Crippen molar-refractivity contribution in [3.8, 4) is 62.4 Å². The maximum Gasteiger partial charge on any atom is 0.573 e. The van der Waals surface area contributed by atoms with Crippen molar-refractivity contribution in [3.05, 3.63) is 159 Å². The summed E-state index contributed by atoms with van der Waals surface area (Å²) in [5.41, 5.74) is 11.0. The second-order valence-corrected chi connectivity index (χ2v) is 11.3. The zero-order valence-electron chi connectivity index (χ0n) is 25.1. The Morgan fingerprint density at radius 3 is 1.38 bits per heavy atom. The van der Waals surface area contributed by atoms with Gasteiger partial charge in [0.05, 0.1) is 25.3 Å². The molecule has 0 heterocycles. The molecule has 2 aliphatic carbocycles. The molecule has 0 spiro atoms. The lowest BCUT2D eigenvalue weighted by atomic mass is 9.94. The van der Waals surface area contributed by atoms with Gasteiger partial charge in [0, 0.05) is 11.1 Å². The summed E-state index contributed by atoms with van der Waals surface area (Å²) in [6, 6.07) is 33.0. The van der Waals surface area contributed by atoms with E-state index < -0.39 is 6.36 Å². The van der Waals surface area contributed by atoms with Crippen LogP contribution in [0.3, 0.4) is 0 Å². The van der Waals surface area contributed by atoms with Gasteiger partial charge < -0.3 is 4.74 Å². The number of nitriles is 2. The fourth-order valence-corrected chi connectivity index (χ4v) is 6.46. The van der Waals surface area contributed by atoms with Crippen LogP contribution in [0, 0.1) is 42.7 Å². The Morgan fingerprint density at radius 1 is 0.562 bits per heavy atom. The number of alkyl halides is 3. The molecule has 7 rings (SSSR count). The Kier molecular flexibility index (Phi) is 6.95. The molecule has 5 nitrogen and oxygen atoms in total. The largest absolute Gasteiger partial charge is 0.573 e. The van der Waals surface area contributed by atoms with Gasteiger partial charge in [0.2, 0.25) is 0 Å².